The van der Waals surface area contributed by atoms with Crippen LogP contribution in [0.4, 0.5) is 4.39 Å². The second-order valence-corrected chi connectivity index (χ2v) is 5.27. The van der Waals surface area contributed by atoms with Gasteiger partial charge >= 0.3 is 0 Å². The summed E-state index contributed by atoms with van der Waals surface area (Å²) < 4.78 is 14.6. The minimum atomic E-state index is -0.645. The fraction of sp³-hybridized carbons (Fsp3) is 0.176. The highest BCUT2D eigenvalue weighted by Gasteiger charge is 2.23. The summed E-state index contributed by atoms with van der Waals surface area (Å²) in [6.45, 7) is 0.397. The average Bonchev–Trinajstić information content (AvgIpc) is 3.10. The first-order valence-corrected chi connectivity index (χ1v) is 7.53. The van der Waals surface area contributed by atoms with E-state index >= 15 is 0 Å². The molecule has 0 spiro atoms. The van der Waals surface area contributed by atoms with Gasteiger partial charge in [0.15, 0.2) is 6.04 Å². The molecule has 122 valence electrons. The smallest absolute Gasteiger partial charge is 0.249 e. The molecule has 1 N–H and O–H groups in total. The first kappa shape index (κ1) is 15.8. The van der Waals surface area contributed by atoms with Gasteiger partial charge in [0.1, 0.15) is 12.1 Å². The molecule has 0 aliphatic heterocycles. The Balaban J connectivity index is 1.68. The maximum absolute atomic E-state index is 13.2. The van der Waals surface area contributed by atoms with Crippen LogP contribution in [-0.4, -0.2) is 32.7 Å². The molecule has 3 rings (SSSR count). The standard InChI is InChI=1S/C17H16FN5O/c18-15-8-4-5-13(11-15)9-10-19-17(24)16(23-12-20-21-22-23)14-6-2-1-3-7-14/h1-8,11-12,16H,9-10H2,(H,19,24). The van der Waals surface area contributed by atoms with Gasteiger partial charge in [0.2, 0.25) is 5.91 Å². The van der Waals surface area contributed by atoms with E-state index in [2.05, 4.69) is 20.8 Å². The van der Waals surface area contributed by atoms with E-state index in [0.29, 0.717) is 13.0 Å². The number of nitrogens with one attached hydrogen (secondary N) is 1. The second-order valence-electron chi connectivity index (χ2n) is 5.27. The Kier molecular flexibility index (Phi) is 4.90. The van der Waals surface area contributed by atoms with Crippen LogP contribution >= 0.6 is 0 Å². The van der Waals surface area contributed by atoms with Gasteiger partial charge in [0, 0.05) is 6.54 Å². The molecule has 2 aromatic carbocycles. The predicted molar refractivity (Wildman–Crippen MR) is 85.5 cm³/mol. The van der Waals surface area contributed by atoms with Crippen LogP contribution in [0.5, 0.6) is 0 Å². The summed E-state index contributed by atoms with van der Waals surface area (Å²) in [5, 5.41) is 13.9. The number of tetrazole rings is 1. The van der Waals surface area contributed by atoms with Gasteiger partial charge in [-0.25, -0.2) is 9.07 Å². The minimum absolute atomic E-state index is 0.218. The molecule has 3 aromatic rings. The van der Waals surface area contributed by atoms with Crippen molar-refractivity contribution in [3.8, 4) is 0 Å². The maximum Gasteiger partial charge on any atom is 0.249 e. The molecule has 6 nitrogen and oxygen atoms in total. The van der Waals surface area contributed by atoms with Crippen molar-refractivity contribution < 1.29 is 9.18 Å². The van der Waals surface area contributed by atoms with E-state index in [9.17, 15) is 9.18 Å². The van der Waals surface area contributed by atoms with Crippen molar-refractivity contribution in [3.05, 3.63) is 77.9 Å². The van der Waals surface area contributed by atoms with Crippen molar-refractivity contribution in [3.63, 3.8) is 0 Å². The Bertz CT molecular complexity index is 792. The SMILES string of the molecule is O=C(NCCc1cccc(F)c1)C(c1ccccc1)n1cnnn1. The summed E-state index contributed by atoms with van der Waals surface area (Å²) in [6.07, 6.45) is 1.95. The number of hydrogen-bond donors (Lipinski definition) is 1. The molecule has 0 fully saturated rings. The lowest BCUT2D eigenvalue weighted by Gasteiger charge is -2.16. The van der Waals surface area contributed by atoms with Crippen LogP contribution in [0.1, 0.15) is 17.2 Å². The first-order chi connectivity index (χ1) is 11.7. The number of nitrogens with zero attached hydrogens (tertiary/aromatic N) is 4. The first-order valence-electron chi connectivity index (χ1n) is 7.53. The molecule has 1 amide bonds. The summed E-state index contributed by atoms with van der Waals surface area (Å²) in [5.74, 6) is -0.500. The summed E-state index contributed by atoms with van der Waals surface area (Å²) in [6, 6.07) is 15.0. The fourth-order valence-corrected chi connectivity index (χ4v) is 2.47. The van der Waals surface area contributed by atoms with E-state index in [0.717, 1.165) is 11.1 Å². The Morgan fingerprint density at radius 3 is 2.71 bits per heavy atom. The van der Waals surface area contributed by atoms with Gasteiger partial charge in [-0.1, -0.05) is 42.5 Å². The molecule has 7 heteroatoms. The molecule has 0 aliphatic rings. The summed E-state index contributed by atoms with van der Waals surface area (Å²) in [5.41, 5.74) is 1.61. The van der Waals surface area contributed by atoms with Crippen molar-refractivity contribution >= 4 is 5.91 Å². The summed E-state index contributed by atoms with van der Waals surface area (Å²) in [7, 11) is 0. The number of benzene rings is 2. The van der Waals surface area contributed by atoms with Gasteiger partial charge in [-0.2, -0.15) is 0 Å². The van der Waals surface area contributed by atoms with Gasteiger partial charge in [-0.15, -0.1) is 5.10 Å². The van der Waals surface area contributed by atoms with Crippen LogP contribution in [0.3, 0.4) is 0 Å². The third kappa shape index (κ3) is 3.81. The van der Waals surface area contributed by atoms with Crippen molar-refractivity contribution in [2.24, 2.45) is 0 Å². The van der Waals surface area contributed by atoms with E-state index in [1.807, 2.05) is 36.4 Å². The zero-order chi connectivity index (χ0) is 16.8. The molecule has 0 radical (unpaired) electrons. The van der Waals surface area contributed by atoms with Gasteiger partial charge in [-0.3, -0.25) is 4.79 Å². The minimum Gasteiger partial charge on any atom is -0.354 e. The Morgan fingerprint density at radius 1 is 1.17 bits per heavy atom. The van der Waals surface area contributed by atoms with Crippen molar-refractivity contribution in [2.45, 2.75) is 12.5 Å². The number of rotatable bonds is 6. The Labute approximate surface area is 138 Å². The summed E-state index contributed by atoms with van der Waals surface area (Å²) in [4.78, 5) is 12.6. The molecule has 0 saturated carbocycles. The van der Waals surface area contributed by atoms with Crippen LogP contribution in [0.2, 0.25) is 0 Å². The van der Waals surface area contributed by atoms with E-state index < -0.39 is 6.04 Å². The maximum atomic E-state index is 13.2. The van der Waals surface area contributed by atoms with E-state index in [4.69, 9.17) is 0 Å². The summed E-state index contributed by atoms with van der Waals surface area (Å²) >= 11 is 0. The molecule has 1 aromatic heterocycles. The lowest BCUT2D eigenvalue weighted by atomic mass is 10.1. The quantitative estimate of drug-likeness (QED) is 0.749. The highest BCUT2D eigenvalue weighted by Crippen LogP contribution is 2.16. The molecule has 0 bridgehead atoms. The molecular weight excluding hydrogens is 309 g/mol. The van der Waals surface area contributed by atoms with Gasteiger partial charge in [0.25, 0.3) is 0 Å². The monoisotopic (exact) mass is 325 g/mol. The Hall–Kier alpha value is -3.09. The fourth-order valence-electron chi connectivity index (χ4n) is 2.47. The number of amides is 1. The van der Waals surface area contributed by atoms with Crippen LogP contribution in [0.15, 0.2) is 60.9 Å². The van der Waals surface area contributed by atoms with Gasteiger partial charge in [-0.05, 0) is 40.1 Å². The molecule has 1 heterocycles. The number of halogens is 1. The number of carbonyl (C=O) groups is 1. The van der Waals surface area contributed by atoms with E-state index in [1.54, 1.807) is 6.07 Å². The van der Waals surface area contributed by atoms with Gasteiger partial charge < -0.3 is 5.32 Å². The lowest BCUT2D eigenvalue weighted by molar-refractivity contribution is -0.123. The van der Waals surface area contributed by atoms with Crippen LogP contribution < -0.4 is 5.32 Å². The highest BCUT2D eigenvalue weighted by atomic mass is 19.1. The number of aromatic nitrogens is 4. The molecule has 24 heavy (non-hydrogen) atoms. The van der Waals surface area contributed by atoms with Gasteiger partial charge in [0.05, 0.1) is 0 Å². The average molecular weight is 325 g/mol. The molecule has 0 saturated heterocycles. The molecular formula is C17H16FN5O. The number of hydrogen-bond acceptors (Lipinski definition) is 4. The van der Waals surface area contributed by atoms with Crippen LogP contribution in [0.25, 0.3) is 0 Å². The molecule has 1 unspecified atom stereocenters. The number of carbonyl (C=O) groups excluding carboxylic acids is 1. The third-order valence-electron chi connectivity index (χ3n) is 3.60. The topological polar surface area (TPSA) is 72.7 Å². The Morgan fingerprint density at radius 2 is 2.00 bits per heavy atom. The molecule has 1 atom stereocenters. The van der Waals surface area contributed by atoms with Crippen molar-refractivity contribution in [1.82, 2.24) is 25.5 Å². The largest absolute Gasteiger partial charge is 0.354 e. The van der Waals surface area contributed by atoms with Crippen LogP contribution in [0, 0.1) is 5.82 Å². The van der Waals surface area contributed by atoms with Crippen molar-refractivity contribution in [1.29, 1.82) is 0 Å². The lowest BCUT2D eigenvalue weighted by Crippen LogP contribution is -2.34. The predicted octanol–water partition coefficient (Wildman–Crippen LogP) is 1.76. The van der Waals surface area contributed by atoms with E-state index in [1.165, 1.54) is 23.1 Å². The van der Waals surface area contributed by atoms with Crippen LogP contribution in [-0.2, 0) is 11.2 Å². The molecule has 0 aliphatic carbocycles. The highest BCUT2D eigenvalue weighted by molar-refractivity contribution is 5.83. The van der Waals surface area contributed by atoms with E-state index in [-0.39, 0.29) is 11.7 Å². The zero-order valence-electron chi connectivity index (χ0n) is 12.8. The normalized spacial score (nSPS) is 11.9. The van der Waals surface area contributed by atoms with Crippen molar-refractivity contribution in [2.75, 3.05) is 6.54 Å². The third-order valence-corrected chi connectivity index (χ3v) is 3.60. The second kappa shape index (κ2) is 7.45. The zero-order valence-corrected chi connectivity index (χ0v) is 12.8.